The van der Waals surface area contributed by atoms with E-state index in [9.17, 15) is 0 Å². The van der Waals surface area contributed by atoms with Gasteiger partial charge in [0.25, 0.3) is 0 Å². The summed E-state index contributed by atoms with van der Waals surface area (Å²) in [7, 11) is 0. The van der Waals surface area contributed by atoms with E-state index in [1.54, 1.807) is 11.8 Å². The fourth-order valence-electron chi connectivity index (χ4n) is 2.37. The van der Waals surface area contributed by atoms with E-state index < -0.39 is 0 Å². The molecule has 110 valence electrons. The lowest BCUT2D eigenvalue weighted by atomic mass is 10.2. The van der Waals surface area contributed by atoms with Gasteiger partial charge in [-0.2, -0.15) is 0 Å². The number of hydrogen-bond acceptors (Lipinski definition) is 5. The Morgan fingerprint density at radius 3 is 2.71 bits per heavy atom. The number of nitrogens with zero attached hydrogens (tertiary/aromatic N) is 1. The van der Waals surface area contributed by atoms with Gasteiger partial charge in [-0.05, 0) is 18.9 Å². The summed E-state index contributed by atoms with van der Waals surface area (Å²) in [5.74, 6) is 3.89. The van der Waals surface area contributed by atoms with E-state index in [1.165, 1.54) is 12.8 Å². The molecule has 1 fully saturated rings. The summed E-state index contributed by atoms with van der Waals surface area (Å²) >= 11 is 7.99. The molecule has 0 saturated heterocycles. The second-order valence-electron chi connectivity index (χ2n) is 5.20. The van der Waals surface area contributed by atoms with Crippen LogP contribution in [0.25, 0.3) is 0 Å². The highest BCUT2D eigenvalue weighted by molar-refractivity contribution is 7.98. The quantitative estimate of drug-likeness (QED) is 0.786. The van der Waals surface area contributed by atoms with Gasteiger partial charge in [0.2, 0.25) is 0 Å². The van der Waals surface area contributed by atoms with Crippen molar-refractivity contribution >= 4 is 23.4 Å². The van der Waals surface area contributed by atoms with E-state index in [2.05, 4.69) is 5.16 Å². The van der Waals surface area contributed by atoms with Gasteiger partial charge in [-0.25, -0.2) is 0 Å². The van der Waals surface area contributed by atoms with Crippen molar-refractivity contribution in [2.24, 2.45) is 0 Å². The van der Waals surface area contributed by atoms with Crippen molar-refractivity contribution in [3.63, 3.8) is 0 Å². The third-order valence-corrected chi connectivity index (χ3v) is 5.13. The molecule has 1 aromatic carbocycles. The highest BCUT2D eigenvalue weighted by Crippen LogP contribution is 2.44. The van der Waals surface area contributed by atoms with Gasteiger partial charge in [0.05, 0.1) is 11.2 Å². The molecule has 21 heavy (non-hydrogen) atoms. The minimum absolute atomic E-state index is 0.568. The van der Waals surface area contributed by atoms with Crippen molar-refractivity contribution in [1.29, 1.82) is 0 Å². The van der Waals surface area contributed by atoms with E-state index in [0.717, 1.165) is 33.5 Å². The fourth-order valence-corrected chi connectivity index (χ4v) is 3.60. The summed E-state index contributed by atoms with van der Waals surface area (Å²) in [6, 6.07) is 3.78. The maximum absolute atomic E-state index is 6.32. The molecule has 0 unspecified atom stereocenters. The monoisotopic (exact) mass is 323 g/mol. The molecule has 2 aliphatic rings. The van der Waals surface area contributed by atoms with E-state index in [0.29, 0.717) is 24.2 Å². The molecule has 1 aliphatic carbocycles. The smallest absolute Gasteiger partial charge is 0.162 e. The predicted molar refractivity (Wildman–Crippen MR) is 80.5 cm³/mol. The SMILES string of the molecule is Clc1cc2c(cc1SCc1cnoc1C1CC1)OCCO2. The van der Waals surface area contributed by atoms with E-state index in [-0.39, 0.29) is 0 Å². The minimum atomic E-state index is 0.568. The van der Waals surface area contributed by atoms with Gasteiger partial charge in [-0.1, -0.05) is 16.8 Å². The largest absolute Gasteiger partial charge is 0.486 e. The second-order valence-corrected chi connectivity index (χ2v) is 6.63. The van der Waals surface area contributed by atoms with Crippen molar-refractivity contribution in [2.75, 3.05) is 13.2 Å². The van der Waals surface area contributed by atoms with Crippen molar-refractivity contribution in [2.45, 2.75) is 29.4 Å². The molecule has 0 spiro atoms. The standard InChI is InChI=1S/C15H14ClNO3S/c16-11-5-12-13(19-4-3-18-12)6-14(11)21-8-10-7-17-20-15(10)9-1-2-9/h5-7,9H,1-4,8H2. The zero-order valence-electron chi connectivity index (χ0n) is 11.3. The Bertz CT molecular complexity index is 669. The van der Waals surface area contributed by atoms with Crippen LogP contribution in [-0.2, 0) is 5.75 Å². The molecular formula is C15H14ClNO3S. The Morgan fingerprint density at radius 1 is 1.19 bits per heavy atom. The molecule has 0 atom stereocenters. The van der Waals surface area contributed by atoms with Crippen LogP contribution in [0.15, 0.2) is 27.7 Å². The predicted octanol–water partition coefficient (Wildman–Crippen LogP) is 4.27. The van der Waals surface area contributed by atoms with Gasteiger partial charge in [0, 0.05) is 28.2 Å². The molecule has 4 nitrogen and oxygen atoms in total. The number of fused-ring (bicyclic) bond motifs is 1. The number of aromatic nitrogens is 1. The van der Waals surface area contributed by atoms with E-state index in [1.807, 2.05) is 18.3 Å². The lowest BCUT2D eigenvalue weighted by Crippen LogP contribution is -2.15. The number of ether oxygens (including phenoxy) is 2. The van der Waals surface area contributed by atoms with Gasteiger partial charge in [-0.15, -0.1) is 11.8 Å². The summed E-state index contributed by atoms with van der Waals surface area (Å²) in [5.41, 5.74) is 1.16. The van der Waals surface area contributed by atoms with Gasteiger partial charge < -0.3 is 14.0 Å². The highest BCUT2D eigenvalue weighted by atomic mass is 35.5. The van der Waals surface area contributed by atoms with Crippen LogP contribution in [0.4, 0.5) is 0 Å². The molecule has 0 amide bonds. The van der Waals surface area contributed by atoms with Crippen LogP contribution in [0.2, 0.25) is 5.02 Å². The van der Waals surface area contributed by atoms with Crippen LogP contribution in [-0.4, -0.2) is 18.4 Å². The molecule has 2 aromatic rings. The fraction of sp³-hybridized carbons (Fsp3) is 0.400. The number of halogens is 1. The average Bonchev–Trinajstić information content (AvgIpc) is 3.24. The topological polar surface area (TPSA) is 44.5 Å². The van der Waals surface area contributed by atoms with Gasteiger partial charge in [0.15, 0.2) is 11.5 Å². The van der Waals surface area contributed by atoms with Gasteiger partial charge in [-0.3, -0.25) is 0 Å². The maximum Gasteiger partial charge on any atom is 0.162 e. The minimum Gasteiger partial charge on any atom is -0.486 e. The van der Waals surface area contributed by atoms with Crippen LogP contribution >= 0.6 is 23.4 Å². The molecular weight excluding hydrogens is 310 g/mol. The second kappa shape index (κ2) is 5.46. The zero-order chi connectivity index (χ0) is 14.2. The van der Waals surface area contributed by atoms with Crippen LogP contribution in [0.3, 0.4) is 0 Å². The first-order valence-corrected chi connectivity index (χ1v) is 8.33. The first-order valence-electron chi connectivity index (χ1n) is 6.96. The zero-order valence-corrected chi connectivity index (χ0v) is 12.9. The molecule has 4 rings (SSSR count). The van der Waals surface area contributed by atoms with Crippen LogP contribution in [0.1, 0.15) is 30.1 Å². The van der Waals surface area contributed by atoms with E-state index >= 15 is 0 Å². The Labute approximate surface area is 131 Å². The number of benzene rings is 1. The molecule has 1 aromatic heterocycles. The Kier molecular flexibility index (Phi) is 3.47. The summed E-state index contributed by atoms with van der Waals surface area (Å²) in [6.45, 7) is 1.15. The van der Waals surface area contributed by atoms with Crippen molar-refractivity contribution in [3.8, 4) is 11.5 Å². The lowest BCUT2D eigenvalue weighted by Gasteiger charge is -2.19. The van der Waals surface area contributed by atoms with Crippen LogP contribution in [0, 0.1) is 0 Å². The Balaban J connectivity index is 1.52. The third kappa shape index (κ3) is 2.72. The molecule has 0 bridgehead atoms. The lowest BCUT2D eigenvalue weighted by molar-refractivity contribution is 0.171. The number of thioether (sulfide) groups is 1. The summed E-state index contributed by atoms with van der Waals surface area (Å²) in [5, 5.41) is 4.61. The molecule has 0 N–H and O–H groups in total. The average molecular weight is 324 g/mol. The third-order valence-electron chi connectivity index (χ3n) is 3.60. The van der Waals surface area contributed by atoms with Crippen molar-refractivity contribution in [1.82, 2.24) is 5.16 Å². The van der Waals surface area contributed by atoms with Gasteiger partial charge >= 0.3 is 0 Å². The number of hydrogen-bond donors (Lipinski definition) is 0. The Hall–Kier alpha value is -1.33. The molecule has 0 radical (unpaired) electrons. The van der Waals surface area contributed by atoms with Crippen molar-refractivity contribution in [3.05, 3.63) is 34.7 Å². The molecule has 1 saturated carbocycles. The van der Waals surface area contributed by atoms with Crippen LogP contribution in [0.5, 0.6) is 11.5 Å². The number of rotatable bonds is 4. The van der Waals surface area contributed by atoms with Crippen LogP contribution < -0.4 is 9.47 Å². The Morgan fingerprint density at radius 2 is 1.95 bits per heavy atom. The first-order chi connectivity index (χ1) is 10.3. The highest BCUT2D eigenvalue weighted by Gasteiger charge is 2.30. The molecule has 1 aliphatic heterocycles. The van der Waals surface area contributed by atoms with E-state index in [4.69, 9.17) is 25.6 Å². The summed E-state index contributed by atoms with van der Waals surface area (Å²) in [4.78, 5) is 0.990. The maximum atomic E-state index is 6.32. The van der Waals surface area contributed by atoms with Crippen molar-refractivity contribution < 1.29 is 14.0 Å². The normalized spacial score (nSPS) is 17.0. The van der Waals surface area contributed by atoms with Gasteiger partial charge in [0.1, 0.15) is 19.0 Å². The summed E-state index contributed by atoms with van der Waals surface area (Å²) in [6.07, 6.45) is 4.22. The first kappa shape index (κ1) is 13.3. The molecule has 6 heteroatoms. The molecule has 2 heterocycles. The summed E-state index contributed by atoms with van der Waals surface area (Å²) < 4.78 is 16.5.